The number of benzene rings is 3. The van der Waals surface area contributed by atoms with Crippen molar-refractivity contribution >= 4 is 28.9 Å². The van der Waals surface area contributed by atoms with E-state index in [1.807, 2.05) is 66.7 Å². The van der Waals surface area contributed by atoms with E-state index in [1.54, 1.807) is 0 Å². The Labute approximate surface area is 167 Å². The second kappa shape index (κ2) is 6.61. The molecule has 0 aliphatic carbocycles. The number of rotatable bonds is 2. The first-order valence-corrected chi connectivity index (χ1v) is 9.49. The Morgan fingerprint density at radius 2 is 1.52 bits per heavy atom. The Morgan fingerprint density at radius 3 is 2.30 bits per heavy atom. The average Bonchev–Trinajstić information content (AvgIpc) is 3.14. The van der Waals surface area contributed by atoms with Crippen molar-refractivity contribution in [2.45, 2.75) is 12.3 Å². The summed E-state index contributed by atoms with van der Waals surface area (Å²) in [5, 5.41) is 3.51. The van der Waals surface area contributed by atoms with Crippen molar-refractivity contribution in [3.8, 4) is 5.75 Å². The van der Waals surface area contributed by atoms with Gasteiger partial charge in [-0.25, -0.2) is 0 Å². The molecule has 2 aliphatic heterocycles. The Kier molecular flexibility index (Phi) is 4.09. The third-order valence-electron chi connectivity index (χ3n) is 4.93. The Morgan fingerprint density at radius 1 is 0.815 bits per heavy atom. The lowest BCUT2D eigenvalue weighted by Crippen LogP contribution is -2.43. The lowest BCUT2D eigenvalue weighted by Gasteiger charge is -2.39. The predicted octanol–water partition coefficient (Wildman–Crippen LogP) is 5.99. The van der Waals surface area contributed by atoms with Gasteiger partial charge in [-0.3, -0.25) is 0 Å². The van der Waals surface area contributed by atoms with Crippen molar-refractivity contribution in [2.75, 3.05) is 0 Å². The standard InChI is InChI=1S/C22H16Cl2N2O/c23-15-11-9-14(10-12-15)19-13-20-17-6-2-4-8-21(17)27-22(26(20)25-19)16-5-1-3-7-18(16)24/h1-13,20,22,25H/t20-,22+/m1/s1. The van der Waals surface area contributed by atoms with Crippen LogP contribution in [-0.2, 0) is 0 Å². The van der Waals surface area contributed by atoms with E-state index in [1.165, 1.54) is 0 Å². The minimum atomic E-state index is -0.334. The smallest absolute Gasteiger partial charge is 0.197 e. The van der Waals surface area contributed by atoms with Crippen LogP contribution in [-0.4, -0.2) is 5.01 Å². The fraction of sp³-hybridized carbons (Fsp3) is 0.0909. The maximum atomic E-state index is 6.48. The van der Waals surface area contributed by atoms with Gasteiger partial charge in [-0.2, -0.15) is 5.01 Å². The van der Waals surface area contributed by atoms with Gasteiger partial charge >= 0.3 is 0 Å². The highest BCUT2D eigenvalue weighted by Gasteiger charge is 2.40. The summed E-state index contributed by atoms with van der Waals surface area (Å²) < 4.78 is 6.34. The van der Waals surface area contributed by atoms with Crippen LogP contribution >= 0.6 is 23.2 Å². The first-order chi connectivity index (χ1) is 13.2. The second-order valence-corrected chi connectivity index (χ2v) is 7.42. The molecule has 0 unspecified atom stereocenters. The molecule has 0 spiro atoms. The largest absolute Gasteiger partial charge is 0.469 e. The Hall–Kier alpha value is -2.46. The molecule has 0 saturated heterocycles. The van der Waals surface area contributed by atoms with Crippen LogP contribution in [0, 0.1) is 0 Å². The molecule has 0 amide bonds. The highest BCUT2D eigenvalue weighted by atomic mass is 35.5. The second-order valence-electron chi connectivity index (χ2n) is 6.58. The lowest BCUT2D eigenvalue weighted by atomic mass is 10.0. The van der Waals surface area contributed by atoms with Crippen LogP contribution in [0.2, 0.25) is 10.0 Å². The van der Waals surface area contributed by atoms with E-state index in [9.17, 15) is 0 Å². The number of nitrogens with zero attached hydrogens (tertiary/aromatic N) is 1. The van der Waals surface area contributed by atoms with E-state index in [4.69, 9.17) is 27.9 Å². The van der Waals surface area contributed by atoms with Crippen molar-refractivity contribution in [1.29, 1.82) is 0 Å². The molecule has 2 heterocycles. The maximum Gasteiger partial charge on any atom is 0.197 e. The highest BCUT2D eigenvalue weighted by molar-refractivity contribution is 6.31. The van der Waals surface area contributed by atoms with Gasteiger partial charge in [0.1, 0.15) is 5.75 Å². The van der Waals surface area contributed by atoms with Crippen LogP contribution in [0.5, 0.6) is 5.75 Å². The molecule has 2 atom stereocenters. The summed E-state index contributed by atoms with van der Waals surface area (Å²) in [7, 11) is 0. The molecule has 27 heavy (non-hydrogen) atoms. The number of ether oxygens (including phenoxy) is 1. The van der Waals surface area contributed by atoms with Crippen molar-refractivity contribution in [2.24, 2.45) is 0 Å². The average molecular weight is 395 g/mol. The lowest BCUT2D eigenvalue weighted by molar-refractivity contribution is -0.0325. The maximum absolute atomic E-state index is 6.48. The van der Waals surface area contributed by atoms with Crippen molar-refractivity contribution < 1.29 is 4.74 Å². The Balaban J connectivity index is 1.60. The zero-order valence-corrected chi connectivity index (χ0v) is 15.8. The van der Waals surface area contributed by atoms with E-state index in [0.717, 1.165) is 33.2 Å². The van der Waals surface area contributed by atoms with Gasteiger partial charge in [0, 0.05) is 21.2 Å². The van der Waals surface area contributed by atoms with Gasteiger partial charge in [-0.1, -0.05) is 71.7 Å². The highest BCUT2D eigenvalue weighted by Crippen LogP contribution is 2.46. The van der Waals surface area contributed by atoms with E-state index in [2.05, 4.69) is 22.6 Å². The number of para-hydroxylation sites is 1. The summed E-state index contributed by atoms with van der Waals surface area (Å²) in [4.78, 5) is 0. The molecule has 2 aliphatic rings. The van der Waals surface area contributed by atoms with E-state index < -0.39 is 0 Å². The molecule has 0 saturated carbocycles. The molecular weight excluding hydrogens is 379 g/mol. The van der Waals surface area contributed by atoms with E-state index in [0.29, 0.717) is 5.02 Å². The van der Waals surface area contributed by atoms with Gasteiger partial charge in [0.25, 0.3) is 0 Å². The van der Waals surface area contributed by atoms with Gasteiger partial charge in [0.15, 0.2) is 6.23 Å². The molecule has 3 nitrogen and oxygen atoms in total. The van der Waals surface area contributed by atoms with Crippen LogP contribution < -0.4 is 10.2 Å². The number of hydrazine groups is 1. The molecule has 0 radical (unpaired) electrons. The van der Waals surface area contributed by atoms with Crippen LogP contribution in [0.3, 0.4) is 0 Å². The third-order valence-corrected chi connectivity index (χ3v) is 5.53. The quantitative estimate of drug-likeness (QED) is 0.577. The van der Waals surface area contributed by atoms with Crippen molar-refractivity contribution in [3.63, 3.8) is 0 Å². The number of hydrogen-bond acceptors (Lipinski definition) is 3. The zero-order valence-electron chi connectivity index (χ0n) is 14.3. The minimum absolute atomic E-state index is 0.0434. The number of nitrogens with one attached hydrogen (secondary N) is 1. The van der Waals surface area contributed by atoms with Crippen LogP contribution in [0.25, 0.3) is 5.70 Å². The molecule has 3 aromatic rings. The summed E-state index contributed by atoms with van der Waals surface area (Å²) in [6.07, 6.45) is 1.88. The summed E-state index contributed by atoms with van der Waals surface area (Å²) >= 11 is 12.5. The molecular formula is C22H16Cl2N2O. The summed E-state index contributed by atoms with van der Waals surface area (Å²) in [6.45, 7) is 0. The summed E-state index contributed by atoms with van der Waals surface area (Å²) in [5.74, 6) is 0.874. The minimum Gasteiger partial charge on any atom is -0.469 e. The third kappa shape index (κ3) is 2.88. The Bertz CT molecular complexity index is 1030. The molecule has 5 rings (SSSR count). The van der Waals surface area contributed by atoms with Gasteiger partial charge in [-0.15, -0.1) is 0 Å². The number of fused-ring (bicyclic) bond motifs is 3. The van der Waals surface area contributed by atoms with Crippen LogP contribution in [0.15, 0.2) is 78.9 Å². The predicted molar refractivity (Wildman–Crippen MR) is 108 cm³/mol. The van der Waals surface area contributed by atoms with Crippen molar-refractivity contribution in [3.05, 3.63) is 106 Å². The molecule has 3 aromatic carbocycles. The first kappa shape index (κ1) is 16.7. The fourth-order valence-electron chi connectivity index (χ4n) is 3.62. The molecule has 0 fully saturated rings. The van der Waals surface area contributed by atoms with Crippen LogP contribution in [0.4, 0.5) is 0 Å². The summed E-state index contributed by atoms with van der Waals surface area (Å²) in [5.41, 5.74) is 7.66. The van der Waals surface area contributed by atoms with Crippen molar-refractivity contribution in [1.82, 2.24) is 10.4 Å². The first-order valence-electron chi connectivity index (χ1n) is 8.73. The fourth-order valence-corrected chi connectivity index (χ4v) is 3.97. The molecule has 0 bridgehead atoms. The monoisotopic (exact) mass is 394 g/mol. The molecule has 134 valence electrons. The molecule has 1 N–H and O–H groups in total. The van der Waals surface area contributed by atoms with E-state index >= 15 is 0 Å². The van der Waals surface area contributed by atoms with Gasteiger partial charge in [0.2, 0.25) is 0 Å². The molecule has 5 heteroatoms. The normalized spacial score (nSPS) is 20.9. The summed E-state index contributed by atoms with van der Waals surface area (Å²) in [6, 6.07) is 23.8. The number of halogens is 2. The van der Waals surface area contributed by atoms with Gasteiger partial charge in [-0.05, 0) is 35.9 Å². The number of hydrogen-bond donors (Lipinski definition) is 1. The van der Waals surface area contributed by atoms with Crippen LogP contribution in [0.1, 0.15) is 29.0 Å². The topological polar surface area (TPSA) is 24.5 Å². The molecule has 0 aromatic heterocycles. The SMILES string of the molecule is Clc1ccc(C2=C[C@@H]3c4ccccc4O[C@@H](c4ccccc4Cl)N3N2)cc1. The van der Waals surface area contributed by atoms with Gasteiger partial charge in [0.05, 0.1) is 11.7 Å². The van der Waals surface area contributed by atoms with Gasteiger partial charge < -0.3 is 10.2 Å². The van der Waals surface area contributed by atoms with E-state index in [-0.39, 0.29) is 12.3 Å². The zero-order chi connectivity index (χ0) is 18.4.